The van der Waals surface area contributed by atoms with Gasteiger partial charge in [-0.15, -0.1) is 0 Å². The van der Waals surface area contributed by atoms with Gasteiger partial charge in [-0.2, -0.15) is 5.10 Å². The van der Waals surface area contributed by atoms with Crippen LogP contribution in [0.4, 0.5) is 4.39 Å². The van der Waals surface area contributed by atoms with Gasteiger partial charge in [-0.25, -0.2) is 22.3 Å². The first-order valence-corrected chi connectivity index (χ1v) is 9.52. The highest BCUT2D eigenvalue weighted by molar-refractivity contribution is 7.89. The third-order valence-electron chi connectivity index (χ3n) is 3.85. The van der Waals surface area contributed by atoms with Gasteiger partial charge in [-0.1, -0.05) is 24.3 Å². The minimum absolute atomic E-state index is 0.0738. The molecule has 146 valence electrons. The average Bonchev–Trinajstić information content (AvgIpc) is 3.05. The minimum Gasteiger partial charge on any atom is -0.476 e. The van der Waals surface area contributed by atoms with Crippen molar-refractivity contribution in [1.82, 2.24) is 14.5 Å². The van der Waals surface area contributed by atoms with Gasteiger partial charge in [0.2, 0.25) is 10.0 Å². The molecule has 0 amide bonds. The van der Waals surface area contributed by atoms with E-state index < -0.39 is 32.4 Å². The summed E-state index contributed by atoms with van der Waals surface area (Å²) in [5, 5.41) is 12.8. The number of aryl methyl sites for hydroxylation is 1. The van der Waals surface area contributed by atoms with Crippen molar-refractivity contribution in [2.45, 2.75) is 11.4 Å². The van der Waals surface area contributed by atoms with Gasteiger partial charge in [-0.3, -0.25) is 4.68 Å². The summed E-state index contributed by atoms with van der Waals surface area (Å²) in [5.41, 5.74) is -0.413. The zero-order valence-electron chi connectivity index (χ0n) is 14.7. The molecule has 28 heavy (non-hydrogen) atoms. The SMILES string of the molecule is Cn1ncc(S(=O)(=O)NCc2ccc(Oc3ccccc3)cc2F)c1C(=O)O. The van der Waals surface area contributed by atoms with Gasteiger partial charge >= 0.3 is 5.97 Å². The molecule has 1 heterocycles. The number of hydrogen-bond donors (Lipinski definition) is 2. The van der Waals surface area contributed by atoms with E-state index in [2.05, 4.69) is 9.82 Å². The minimum atomic E-state index is -4.20. The summed E-state index contributed by atoms with van der Waals surface area (Å²) in [6.07, 6.45) is 0.930. The zero-order valence-corrected chi connectivity index (χ0v) is 15.5. The number of rotatable bonds is 7. The molecule has 2 aromatic carbocycles. The molecule has 0 saturated heterocycles. The van der Waals surface area contributed by atoms with Gasteiger partial charge in [-0.05, 0) is 18.2 Å². The summed E-state index contributed by atoms with van der Waals surface area (Å²) in [6, 6.07) is 12.8. The molecular weight excluding hydrogens is 389 g/mol. The summed E-state index contributed by atoms with van der Waals surface area (Å²) < 4.78 is 47.7. The fraction of sp³-hybridized carbons (Fsp3) is 0.111. The van der Waals surface area contributed by atoms with E-state index >= 15 is 0 Å². The van der Waals surface area contributed by atoms with Crippen molar-refractivity contribution in [2.24, 2.45) is 7.05 Å². The maximum Gasteiger partial charge on any atom is 0.355 e. The Balaban J connectivity index is 1.75. The number of sulfonamides is 1. The lowest BCUT2D eigenvalue weighted by Crippen LogP contribution is -2.25. The van der Waals surface area contributed by atoms with Gasteiger partial charge < -0.3 is 9.84 Å². The largest absolute Gasteiger partial charge is 0.476 e. The van der Waals surface area contributed by atoms with Gasteiger partial charge in [0, 0.05) is 25.2 Å². The van der Waals surface area contributed by atoms with Crippen molar-refractivity contribution in [2.75, 3.05) is 0 Å². The molecule has 0 aliphatic rings. The molecule has 0 fully saturated rings. The van der Waals surface area contributed by atoms with E-state index in [4.69, 9.17) is 9.84 Å². The predicted molar refractivity (Wildman–Crippen MR) is 97.1 cm³/mol. The van der Waals surface area contributed by atoms with E-state index in [9.17, 15) is 17.6 Å². The number of nitrogens with zero attached hydrogens (tertiary/aromatic N) is 2. The highest BCUT2D eigenvalue weighted by atomic mass is 32.2. The summed E-state index contributed by atoms with van der Waals surface area (Å²) in [5.74, 6) is -1.31. The fourth-order valence-electron chi connectivity index (χ4n) is 2.47. The normalized spacial score (nSPS) is 11.4. The van der Waals surface area contributed by atoms with E-state index in [1.165, 1.54) is 19.2 Å². The van der Waals surface area contributed by atoms with Crippen LogP contribution in [0, 0.1) is 5.82 Å². The molecule has 0 bridgehead atoms. The molecular formula is C18H16FN3O5S. The smallest absolute Gasteiger partial charge is 0.355 e. The summed E-state index contributed by atoms with van der Waals surface area (Å²) in [7, 11) is -2.89. The van der Waals surface area contributed by atoms with Crippen LogP contribution < -0.4 is 9.46 Å². The molecule has 0 spiro atoms. The van der Waals surface area contributed by atoms with Crippen molar-refractivity contribution in [1.29, 1.82) is 0 Å². The van der Waals surface area contributed by atoms with Crippen molar-refractivity contribution < 1.29 is 27.4 Å². The standard InChI is InChI=1S/C18H16FN3O5S/c1-22-17(18(23)24)16(11-20-22)28(25,26)21-10-12-7-8-14(9-15(12)19)27-13-5-3-2-4-6-13/h2-9,11,21H,10H2,1H3,(H,23,24). The monoisotopic (exact) mass is 405 g/mol. The highest BCUT2D eigenvalue weighted by Gasteiger charge is 2.26. The van der Waals surface area contributed by atoms with E-state index in [1.807, 2.05) is 6.07 Å². The first kappa shape index (κ1) is 19.5. The second-order valence-corrected chi connectivity index (χ2v) is 7.51. The maximum absolute atomic E-state index is 14.3. The number of aromatic nitrogens is 2. The Labute approximate surface area is 160 Å². The number of para-hydroxylation sites is 1. The van der Waals surface area contributed by atoms with Crippen LogP contribution in [0.25, 0.3) is 0 Å². The molecule has 8 nitrogen and oxygen atoms in total. The Morgan fingerprint density at radius 3 is 2.57 bits per heavy atom. The van der Waals surface area contributed by atoms with Crippen molar-refractivity contribution in [3.05, 3.63) is 71.8 Å². The number of hydrogen-bond acceptors (Lipinski definition) is 5. The molecule has 0 atom stereocenters. The van der Waals surface area contributed by atoms with Crippen LogP contribution in [0.1, 0.15) is 16.1 Å². The number of nitrogens with one attached hydrogen (secondary N) is 1. The van der Waals surface area contributed by atoms with Gasteiger partial charge in [0.15, 0.2) is 5.69 Å². The predicted octanol–water partition coefficient (Wildman–Crippen LogP) is 2.53. The van der Waals surface area contributed by atoms with Gasteiger partial charge in [0.1, 0.15) is 22.2 Å². The van der Waals surface area contributed by atoms with E-state index in [1.54, 1.807) is 24.3 Å². The lowest BCUT2D eigenvalue weighted by atomic mass is 10.2. The lowest BCUT2D eigenvalue weighted by molar-refractivity contribution is 0.0680. The summed E-state index contributed by atoms with van der Waals surface area (Å²) in [4.78, 5) is 10.7. The molecule has 3 aromatic rings. The Morgan fingerprint density at radius 2 is 1.93 bits per heavy atom. The third kappa shape index (κ3) is 4.18. The first-order chi connectivity index (χ1) is 13.3. The molecule has 0 aliphatic heterocycles. The average molecular weight is 405 g/mol. The fourth-order valence-corrected chi connectivity index (χ4v) is 3.63. The molecule has 1 aromatic heterocycles. The Kier molecular flexibility index (Phi) is 5.43. The Hall–Kier alpha value is -3.24. The van der Waals surface area contributed by atoms with Crippen LogP contribution in [-0.2, 0) is 23.6 Å². The number of aromatic carboxylic acids is 1. The number of carboxylic acids is 1. The van der Waals surface area contributed by atoms with Crippen molar-refractivity contribution in [3.8, 4) is 11.5 Å². The molecule has 10 heteroatoms. The second kappa shape index (κ2) is 7.79. The van der Waals surface area contributed by atoms with E-state index in [0.717, 1.165) is 16.9 Å². The zero-order chi connectivity index (χ0) is 20.3. The van der Waals surface area contributed by atoms with Crippen LogP contribution in [0.2, 0.25) is 0 Å². The van der Waals surface area contributed by atoms with E-state index in [-0.39, 0.29) is 17.9 Å². The second-order valence-electron chi connectivity index (χ2n) is 5.78. The van der Waals surface area contributed by atoms with Crippen LogP contribution in [0.3, 0.4) is 0 Å². The van der Waals surface area contributed by atoms with Crippen LogP contribution in [0.15, 0.2) is 59.6 Å². The van der Waals surface area contributed by atoms with E-state index in [0.29, 0.717) is 5.75 Å². The Bertz CT molecular complexity index is 1110. The lowest BCUT2D eigenvalue weighted by Gasteiger charge is -2.10. The highest BCUT2D eigenvalue weighted by Crippen LogP contribution is 2.23. The summed E-state index contributed by atoms with van der Waals surface area (Å²) in [6.45, 7) is -0.367. The molecule has 0 aliphatic carbocycles. The molecule has 2 N–H and O–H groups in total. The molecule has 3 rings (SSSR count). The first-order valence-electron chi connectivity index (χ1n) is 8.04. The van der Waals surface area contributed by atoms with Gasteiger partial charge in [0.05, 0.1) is 6.20 Å². The van der Waals surface area contributed by atoms with Crippen LogP contribution >= 0.6 is 0 Å². The van der Waals surface area contributed by atoms with Gasteiger partial charge in [0.25, 0.3) is 0 Å². The molecule has 0 saturated carbocycles. The van der Waals surface area contributed by atoms with Crippen LogP contribution in [-0.4, -0.2) is 29.3 Å². The number of benzene rings is 2. The maximum atomic E-state index is 14.3. The topological polar surface area (TPSA) is 111 Å². The number of carboxylic acid groups (broad SMARTS) is 1. The molecule has 0 radical (unpaired) electrons. The number of halogens is 1. The number of carbonyl (C=O) groups is 1. The Morgan fingerprint density at radius 1 is 1.21 bits per heavy atom. The third-order valence-corrected chi connectivity index (χ3v) is 5.26. The van der Waals surface area contributed by atoms with Crippen molar-refractivity contribution in [3.63, 3.8) is 0 Å². The number of ether oxygens (including phenoxy) is 1. The quantitative estimate of drug-likeness (QED) is 0.625. The molecule has 0 unspecified atom stereocenters. The van der Waals surface area contributed by atoms with Crippen molar-refractivity contribution >= 4 is 16.0 Å². The van der Waals surface area contributed by atoms with Crippen LogP contribution in [0.5, 0.6) is 11.5 Å². The summed E-state index contributed by atoms with van der Waals surface area (Å²) >= 11 is 0.